The molecule has 1 saturated heterocycles. The van der Waals surface area contributed by atoms with Crippen LogP contribution in [0, 0.1) is 0 Å². The molecule has 5 nitrogen and oxygen atoms in total. The zero-order chi connectivity index (χ0) is 15.8. The Balaban J connectivity index is 2.49. The van der Waals surface area contributed by atoms with Gasteiger partial charge in [-0.3, -0.25) is 0 Å². The van der Waals surface area contributed by atoms with Gasteiger partial charge in [0.1, 0.15) is 0 Å². The molecule has 1 aromatic carbocycles. The molecule has 0 unspecified atom stereocenters. The van der Waals surface area contributed by atoms with Crippen molar-refractivity contribution in [1.29, 1.82) is 0 Å². The fraction of sp³-hybridized carbons (Fsp3) is 0.533. The molecule has 0 aliphatic carbocycles. The summed E-state index contributed by atoms with van der Waals surface area (Å²) in [6, 6.07) is 5.81. The minimum atomic E-state index is -0.271. The van der Waals surface area contributed by atoms with Gasteiger partial charge < -0.3 is 20.6 Å². The molecule has 0 amide bonds. The van der Waals surface area contributed by atoms with Crippen LogP contribution in [0.4, 0.5) is 5.69 Å². The van der Waals surface area contributed by atoms with Crippen molar-refractivity contribution in [2.75, 3.05) is 18.0 Å². The maximum atomic E-state index is 9.04. The molecule has 1 aliphatic heterocycles. The van der Waals surface area contributed by atoms with E-state index in [1.807, 2.05) is 18.2 Å². The quantitative estimate of drug-likeness (QED) is 0.370. The Bertz CT molecular complexity index is 554. The highest BCUT2D eigenvalue weighted by atomic mass is 79.9. The highest BCUT2D eigenvalue weighted by molar-refractivity contribution is 9.10. The van der Waals surface area contributed by atoms with Crippen LogP contribution in [0.25, 0.3) is 0 Å². The largest absolute Gasteiger partial charge is 0.409 e. The Morgan fingerprint density at radius 1 is 1.29 bits per heavy atom. The molecule has 0 atom stereocenters. The number of benzene rings is 1. The van der Waals surface area contributed by atoms with Crippen LogP contribution >= 0.6 is 15.9 Å². The third-order valence-electron chi connectivity index (χ3n) is 3.39. The highest BCUT2D eigenvalue weighted by Gasteiger charge is 2.39. The van der Waals surface area contributed by atoms with Crippen molar-refractivity contribution < 1.29 is 9.94 Å². The van der Waals surface area contributed by atoms with Crippen molar-refractivity contribution in [2.24, 2.45) is 10.9 Å². The smallest absolute Gasteiger partial charge is 0.173 e. The summed E-state index contributed by atoms with van der Waals surface area (Å²) in [6.45, 7) is 9.76. The van der Waals surface area contributed by atoms with E-state index in [1.54, 1.807) is 0 Å². The second-order valence-corrected chi connectivity index (χ2v) is 7.45. The molecule has 0 saturated carbocycles. The second kappa shape index (κ2) is 5.50. The zero-order valence-corrected chi connectivity index (χ0v) is 14.4. The van der Waals surface area contributed by atoms with Gasteiger partial charge in [0, 0.05) is 23.2 Å². The van der Waals surface area contributed by atoms with E-state index >= 15 is 0 Å². The average Bonchev–Trinajstić information content (AvgIpc) is 2.33. The van der Waals surface area contributed by atoms with E-state index in [-0.39, 0.29) is 17.0 Å². The first-order valence-electron chi connectivity index (χ1n) is 6.87. The number of rotatable bonds is 2. The van der Waals surface area contributed by atoms with Gasteiger partial charge in [0.15, 0.2) is 5.84 Å². The van der Waals surface area contributed by atoms with Crippen LogP contribution in [0.15, 0.2) is 27.8 Å². The summed E-state index contributed by atoms with van der Waals surface area (Å²) >= 11 is 3.48. The zero-order valence-electron chi connectivity index (χ0n) is 12.9. The molecule has 0 spiro atoms. The van der Waals surface area contributed by atoms with Gasteiger partial charge >= 0.3 is 0 Å². The third-order valence-corrected chi connectivity index (χ3v) is 4.05. The molecule has 3 N–H and O–H groups in total. The summed E-state index contributed by atoms with van der Waals surface area (Å²) < 4.78 is 6.91. The van der Waals surface area contributed by atoms with Crippen molar-refractivity contribution in [3.05, 3.63) is 28.2 Å². The normalized spacial score (nSPS) is 21.4. The molecule has 116 valence electrons. The van der Waals surface area contributed by atoms with Gasteiger partial charge in [0.2, 0.25) is 0 Å². The number of halogens is 1. The number of nitrogens with zero attached hydrogens (tertiary/aromatic N) is 2. The van der Waals surface area contributed by atoms with E-state index in [0.29, 0.717) is 5.56 Å². The number of hydrogen-bond acceptors (Lipinski definition) is 4. The van der Waals surface area contributed by atoms with Gasteiger partial charge in [0.05, 0.1) is 16.8 Å². The first-order valence-corrected chi connectivity index (χ1v) is 7.66. The number of oxime groups is 1. The molecule has 21 heavy (non-hydrogen) atoms. The summed E-state index contributed by atoms with van der Waals surface area (Å²) in [7, 11) is 0. The van der Waals surface area contributed by atoms with E-state index in [1.165, 1.54) is 0 Å². The summed E-state index contributed by atoms with van der Waals surface area (Å²) in [4.78, 5) is 2.22. The molecule has 1 fully saturated rings. The summed E-state index contributed by atoms with van der Waals surface area (Å²) in [5.41, 5.74) is 6.94. The fourth-order valence-electron chi connectivity index (χ4n) is 3.04. The Morgan fingerprint density at radius 2 is 1.86 bits per heavy atom. The number of nitrogens with two attached hydrogens (primary N) is 1. The Morgan fingerprint density at radius 3 is 2.38 bits per heavy atom. The van der Waals surface area contributed by atoms with Gasteiger partial charge in [0.25, 0.3) is 0 Å². The highest BCUT2D eigenvalue weighted by Crippen LogP contribution is 2.35. The minimum Gasteiger partial charge on any atom is -0.409 e. The van der Waals surface area contributed by atoms with Crippen LogP contribution in [-0.2, 0) is 4.74 Å². The SMILES string of the molecule is CC1(C)CN(c2cccc(Br)c2/C(N)=N/O)CC(C)(C)O1. The van der Waals surface area contributed by atoms with Crippen LogP contribution < -0.4 is 10.6 Å². The number of amidine groups is 1. The lowest BCUT2D eigenvalue weighted by atomic mass is 9.97. The molecule has 1 heterocycles. The van der Waals surface area contributed by atoms with Crippen molar-refractivity contribution in [2.45, 2.75) is 38.9 Å². The lowest BCUT2D eigenvalue weighted by Crippen LogP contribution is -2.57. The van der Waals surface area contributed by atoms with E-state index < -0.39 is 0 Å². The molecule has 1 aliphatic rings. The molecular formula is C15H22BrN3O2. The third kappa shape index (κ3) is 3.49. The second-order valence-electron chi connectivity index (χ2n) is 6.60. The fourth-order valence-corrected chi connectivity index (χ4v) is 3.60. The van der Waals surface area contributed by atoms with Gasteiger partial charge in [-0.2, -0.15) is 0 Å². The number of morpholine rings is 1. The Kier molecular flexibility index (Phi) is 4.22. The monoisotopic (exact) mass is 355 g/mol. The maximum Gasteiger partial charge on any atom is 0.173 e. The standard InChI is InChI=1S/C15H22BrN3O2/c1-14(2)8-19(9-15(3,4)21-14)11-7-5-6-10(16)12(11)13(17)18-20/h5-7,20H,8-9H2,1-4H3,(H2,17,18). The molecular weight excluding hydrogens is 334 g/mol. The predicted molar refractivity (Wildman–Crippen MR) is 88.1 cm³/mol. The molecule has 0 aromatic heterocycles. The lowest BCUT2D eigenvalue weighted by Gasteiger charge is -2.48. The molecule has 1 aromatic rings. The number of anilines is 1. The maximum absolute atomic E-state index is 9.04. The van der Waals surface area contributed by atoms with Gasteiger partial charge in [-0.05, 0) is 55.8 Å². The van der Waals surface area contributed by atoms with Crippen molar-refractivity contribution in [1.82, 2.24) is 0 Å². The van der Waals surface area contributed by atoms with Crippen LogP contribution in [0.3, 0.4) is 0 Å². The van der Waals surface area contributed by atoms with E-state index in [4.69, 9.17) is 15.7 Å². The summed E-state index contributed by atoms with van der Waals surface area (Å²) in [6.07, 6.45) is 0. The molecule has 0 bridgehead atoms. The van der Waals surface area contributed by atoms with Crippen molar-refractivity contribution in [3.8, 4) is 0 Å². The van der Waals surface area contributed by atoms with Crippen molar-refractivity contribution >= 4 is 27.5 Å². The molecule has 0 radical (unpaired) electrons. The van der Waals surface area contributed by atoms with Crippen LogP contribution in [0.5, 0.6) is 0 Å². The average molecular weight is 356 g/mol. The lowest BCUT2D eigenvalue weighted by molar-refractivity contribution is -0.133. The summed E-state index contributed by atoms with van der Waals surface area (Å²) in [5.74, 6) is 0.0968. The Labute approximate surface area is 133 Å². The molecule has 6 heteroatoms. The van der Waals surface area contributed by atoms with Gasteiger partial charge in [-0.25, -0.2) is 0 Å². The summed E-state index contributed by atoms with van der Waals surface area (Å²) in [5, 5.41) is 12.2. The van der Waals surface area contributed by atoms with Crippen LogP contribution in [0.1, 0.15) is 33.3 Å². The Hall–Kier alpha value is -1.27. The number of ether oxygens (including phenoxy) is 1. The van der Waals surface area contributed by atoms with Crippen LogP contribution in [0.2, 0.25) is 0 Å². The predicted octanol–water partition coefficient (Wildman–Crippen LogP) is 2.94. The van der Waals surface area contributed by atoms with Crippen molar-refractivity contribution in [3.63, 3.8) is 0 Å². The minimum absolute atomic E-state index is 0.0968. The van der Waals surface area contributed by atoms with Gasteiger partial charge in [-0.15, -0.1) is 0 Å². The first-order chi connectivity index (χ1) is 9.65. The van der Waals surface area contributed by atoms with E-state index in [9.17, 15) is 0 Å². The van der Waals surface area contributed by atoms with E-state index in [2.05, 4.69) is 53.7 Å². The van der Waals surface area contributed by atoms with Crippen LogP contribution in [-0.4, -0.2) is 35.3 Å². The molecule has 2 rings (SSSR count). The number of hydrogen-bond donors (Lipinski definition) is 2. The first kappa shape index (κ1) is 16.1. The topological polar surface area (TPSA) is 71.1 Å². The van der Waals surface area contributed by atoms with E-state index in [0.717, 1.165) is 23.2 Å². The van der Waals surface area contributed by atoms with Gasteiger partial charge in [-0.1, -0.05) is 11.2 Å².